The third-order valence-electron chi connectivity index (χ3n) is 17.4. The number of aliphatic hydroxyl groups excluding tert-OH is 1. The smallest absolute Gasteiger partial charge is 0.246 e. The number of hydrogen-bond acceptors (Lipinski definition) is 12. The van der Waals surface area contributed by atoms with Gasteiger partial charge in [0.25, 0.3) is 0 Å². The van der Waals surface area contributed by atoms with Gasteiger partial charge in [-0.15, -0.1) is 0 Å². The molecule has 0 spiro atoms. The average Bonchev–Trinajstić information content (AvgIpc) is 3.62. The lowest BCUT2D eigenvalue weighted by Gasteiger charge is -2.41. The summed E-state index contributed by atoms with van der Waals surface area (Å²) < 4.78 is 0. The third kappa shape index (κ3) is 22.1. The molecule has 12 unspecified atom stereocenters. The second-order valence-electron chi connectivity index (χ2n) is 27.4. The minimum absolute atomic E-state index is 0.0492. The minimum atomic E-state index is -1.48. The molecule has 1 aliphatic heterocycles. The van der Waals surface area contributed by atoms with Gasteiger partial charge in [-0.2, -0.15) is 0 Å². The van der Waals surface area contributed by atoms with Crippen LogP contribution in [0.15, 0.2) is 12.2 Å². The Morgan fingerprint density at radius 1 is 0.447 bits per heavy atom. The number of carbonyl (C=O) groups excluding carboxylic acids is 11. The molecule has 0 radical (unpaired) electrons. The molecule has 0 aliphatic carbocycles. The minimum Gasteiger partial charge on any atom is -0.390 e. The van der Waals surface area contributed by atoms with Crippen LogP contribution >= 0.6 is 0 Å². The molecule has 1 aliphatic rings. The summed E-state index contributed by atoms with van der Waals surface area (Å²) in [7, 11) is 10.3. The molecule has 1 rings (SSSR count). The summed E-state index contributed by atoms with van der Waals surface area (Å²) in [4.78, 5) is 170. The molecule has 85 heavy (non-hydrogen) atoms. The number of hydrogen-bond donors (Lipinski definition) is 1. The van der Waals surface area contributed by atoms with Crippen LogP contribution in [0.3, 0.4) is 0 Å². The van der Waals surface area contributed by atoms with Crippen molar-refractivity contribution in [3.8, 4) is 0 Å². The number of ketones is 4. The summed E-state index contributed by atoms with van der Waals surface area (Å²) in [5, 5.41) is 12.1. The van der Waals surface area contributed by atoms with Crippen molar-refractivity contribution in [1.82, 2.24) is 34.3 Å². The summed E-state index contributed by atoms with van der Waals surface area (Å²) in [5.74, 6) is -11.0. The SMILES string of the molecule is C/C=C\CC(C)C(O)C1C(=O)CC(CC)C(=O)N(C)CC(=O)N(C)C(CC(C)C)C(=O)CC(C(C)C)C(=O)N(C)C(CC(C)C)C(=O)CC(C)C(=O)CC(C)C(=O)N(C)C(CC(C)C)C(=O)N(C)C(CC(C)C)C(=O)N(C)C(C(C)C)C(=O)N1C. The molecule has 1 fully saturated rings. The Morgan fingerprint density at radius 2 is 0.859 bits per heavy atom. The van der Waals surface area contributed by atoms with E-state index >= 15 is 9.59 Å². The van der Waals surface area contributed by atoms with E-state index in [-0.39, 0.29) is 98.3 Å². The molecule has 1 N–H and O–H groups in total. The molecule has 19 heteroatoms. The predicted molar refractivity (Wildman–Crippen MR) is 333 cm³/mol. The highest BCUT2D eigenvalue weighted by Crippen LogP contribution is 2.30. The summed E-state index contributed by atoms with van der Waals surface area (Å²) in [6.45, 7) is 30.4. The van der Waals surface area contributed by atoms with E-state index in [0.29, 0.717) is 6.42 Å². The van der Waals surface area contributed by atoms with Crippen molar-refractivity contribution in [2.75, 3.05) is 55.9 Å². The van der Waals surface area contributed by atoms with Gasteiger partial charge in [0.2, 0.25) is 41.4 Å². The molecule has 19 nitrogen and oxygen atoms in total. The largest absolute Gasteiger partial charge is 0.390 e. The fourth-order valence-corrected chi connectivity index (χ4v) is 11.8. The zero-order chi connectivity index (χ0) is 66.0. The molecule has 7 amide bonds. The van der Waals surface area contributed by atoms with Gasteiger partial charge in [-0.1, -0.05) is 123 Å². The van der Waals surface area contributed by atoms with Crippen LogP contribution in [0.1, 0.15) is 182 Å². The highest BCUT2D eigenvalue weighted by Gasteiger charge is 2.45. The Bertz CT molecular complexity index is 2310. The standard InChI is InChI=1S/C66H115N7O12/c1-25-27-28-44(15)60(79)59-56(77)35-47(26-2)62(81)67(18)37-57(78)68(19)49(29-38(3)4)55(76)36-48(42(11)12)63(82)69(20)50(30-39(5)6)54(75)33-45(16)53(74)34-46(17)61(80)70(21)51(31-40(7)8)64(83)71(22)52(32-41(9)10)65(84)72(23)58(43(13)14)66(85)73(59)24/h25,27,38-52,58-60,79H,26,28-37H2,1-24H3/b27-25-. The molecule has 0 aromatic carbocycles. The number of carbonyl (C=O) groups is 11. The first-order valence-corrected chi connectivity index (χ1v) is 31.5. The number of nitrogens with zero attached hydrogens (tertiary/aromatic N) is 7. The third-order valence-corrected chi connectivity index (χ3v) is 17.4. The lowest BCUT2D eigenvalue weighted by atomic mass is 9.84. The fourth-order valence-electron chi connectivity index (χ4n) is 11.8. The number of amides is 7. The van der Waals surface area contributed by atoms with E-state index in [1.165, 1.54) is 83.6 Å². The molecule has 12 atom stereocenters. The molecule has 0 aromatic rings. The first-order valence-electron chi connectivity index (χ1n) is 31.5. The number of Topliss-reactive ketones (excluding diaryl/α,β-unsaturated/α-hetero) is 4. The second-order valence-corrected chi connectivity index (χ2v) is 27.4. The Morgan fingerprint density at radius 3 is 1.31 bits per heavy atom. The lowest BCUT2D eigenvalue weighted by molar-refractivity contribution is -0.157. The zero-order valence-corrected chi connectivity index (χ0v) is 56.9. The number of likely N-dealkylation sites (N-methyl/N-ethyl adjacent to an activating group) is 7. The van der Waals surface area contributed by atoms with Gasteiger partial charge in [0, 0.05) is 98.7 Å². The highest BCUT2D eigenvalue weighted by molar-refractivity contribution is 5.99. The molecular formula is C66H115N7O12. The zero-order valence-electron chi connectivity index (χ0n) is 56.9. The van der Waals surface area contributed by atoms with Crippen molar-refractivity contribution in [2.45, 2.75) is 224 Å². The van der Waals surface area contributed by atoms with Crippen molar-refractivity contribution in [3.05, 3.63) is 12.2 Å². The maximum absolute atomic E-state index is 15.2. The maximum Gasteiger partial charge on any atom is 0.246 e. The number of allylic oxidation sites excluding steroid dienone is 2. The number of rotatable bonds is 15. The molecule has 0 saturated carbocycles. The maximum atomic E-state index is 15.2. The summed E-state index contributed by atoms with van der Waals surface area (Å²) in [6.07, 6.45) is 2.51. The first-order chi connectivity index (χ1) is 39.2. The van der Waals surface area contributed by atoms with Gasteiger partial charge in [-0.3, -0.25) is 52.7 Å². The first kappa shape index (κ1) is 77.7. The van der Waals surface area contributed by atoms with Crippen molar-refractivity contribution >= 4 is 64.5 Å². The second kappa shape index (κ2) is 35.5. The summed E-state index contributed by atoms with van der Waals surface area (Å²) in [5.41, 5.74) is 0. The van der Waals surface area contributed by atoms with Gasteiger partial charge < -0.3 is 39.4 Å². The van der Waals surface area contributed by atoms with E-state index in [1.54, 1.807) is 41.5 Å². The van der Waals surface area contributed by atoms with Gasteiger partial charge in [-0.05, 0) is 86.9 Å². The molecule has 486 valence electrons. The van der Waals surface area contributed by atoms with Gasteiger partial charge in [0.1, 0.15) is 30.0 Å². The lowest BCUT2D eigenvalue weighted by Crippen LogP contribution is -2.61. The average molecular weight is 1200 g/mol. The van der Waals surface area contributed by atoms with Crippen LogP contribution in [0, 0.1) is 65.1 Å². The van der Waals surface area contributed by atoms with Gasteiger partial charge in [-0.25, -0.2) is 0 Å². The van der Waals surface area contributed by atoms with Crippen molar-refractivity contribution in [2.24, 2.45) is 65.1 Å². The van der Waals surface area contributed by atoms with Crippen LogP contribution in [-0.2, 0) is 52.7 Å². The van der Waals surface area contributed by atoms with E-state index < -0.39 is 138 Å². The monoisotopic (exact) mass is 1200 g/mol. The van der Waals surface area contributed by atoms with E-state index in [4.69, 9.17) is 0 Å². The summed E-state index contributed by atoms with van der Waals surface area (Å²) in [6, 6.07) is -6.82. The molecule has 0 aromatic heterocycles. The Labute approximate surface area is 512 Å². The Balaban J connectivity index is 4.32. The quantitative estimate of drug-likeness (QED) is 0.156. The van der Waals surface area contributed by atoms with Crippen LogP contribution in [0.5, 0.6) is 0 Å². The fraction of sp³-hybridized carbons (Fsp3) is 0.803. The van der Waals surface area contributed by atoms with E-state index in [2.05, 4.69) is 0 Å². The Kier molecular flexibility index (Phi) is 32.4. The van der Waals surface area contributed by atoms with Gasteiger partial charge in [0.05, 0.1) is 24.7 Å². The van der Waals surface area contributed by atoms with Crippen molar-refractivity contribution in [3.63, 3.8) is 0 Å². The topological polar surface area (TPSA) is 231 Å². The van der Waals surface area contributed by atoms with E-state index in [1.807, 2.05) is 88.3 Å². The molecular weight excluding hydrogens is 1080 g/mol. The van der Waals surface area contributed by atoms with E-state index in [9.17, 15) is 48.3 Å². The van der Waals surface area contributed by atoms with Crippen LogP contribution in [0.4, 0.5) is 0 Å². The van der Waals surface area contributed by atoms with Crippen LogP contribution in [0.25, 0.3) is 0 Å². The highest BCUT2D eigenvalue weighted by atomic mass is 16.3. The molecule has 0 bridgehead atoms. The van der Waals surface area contributed by atoms with E-state index in [0.717, 1.165) is 0 Å². The van der Waals surface area contributed by atoms with Gasteiger partial charge in [0.15, 0.2) is 17.3 Å². The van der Waals surface area contributed by atoms with Crippen LogP contribution < -0.4 is 0 Å². The number of aliphatic hydroxyl groups is 1. The Hall–Kier alpha value is -5.33. The van der Waals surface area contributed by atoms with Crippen LogP contribution in [0.2, 0.25) is 0 Å². The normalized spacial score (nSPS) is 27.3. The van der Waals surface area contributed by atoms with Gasteiger partial charge >= 0.3 is 0 Å². The predicted octanol–water partition coefficient (Wildman–Crippen LogP) is 7.63. The van der Waals surface area contributed by atoms with Crippen LogP contribution in [-0.4, -0.2) is 202 Å². The molecule has 1 heterocycles. The molecule has 1 saturated heterocycles. The summed E-state index contributed by atoms with van der Waals surface area (Å²) >= 11 is 0. The van der Waals surface area contributed by atoms with Crippen molar-refractivity contribution in [1.29, 1.82) is 0 Å². The van der Waals surface area contributed by atoms with Crippen molar-refractivity contribution < 1.29 is 57.8 Å².